The summed E-state index contributed by atoms with van der Waals surface area (Å²) in [6.45, 7) is 0. The highest BCUT2D eigenvalue weighted by molar-refractivity contribution is 6.12. The van der Waals surface area contributed by atoms with Crippen molar-refractivity contribution < 1.29 is 4.79 Å². The molecule has 0 fully saturated rings. The van der Waals surface area contributed by atoms with Crippen molar-refractivity contribution in [3.8, 4) is 23.7 Å². The first-order valence-electron chi connectivity index (χ1n) is 10.1. The predicted octanol–water partition coefficient (Wildman–Crippen LogP) is 4.88. The zero-order valence-corrected chi connectivity index (χ0v) is 17.3. The number of nitrogen functional groups attached to an aromatic ring is 2. The fourth-order valence-corrected chi connectivity index (χ4v) is 3.19. The number of nitrogens with two attached hydrogens (primary N) is 2. The Balaban J connectivity index is 1.76. The lowest BCUT2D eigenvalue weighted by atomic mass is 9.94. The largest absolute Gasteiger partial charge is 0.399 e. The summed E-state index contributed by atoms with van der Waals surface area (Å²) >= 11 is 0. The minimum Gasteiger partial charge on any atom is -0.399 e. The number of rotatable bonds is 2. The molecular weight excluding hydrogens is 392 g/mol. The Bertz CT molecular complexity index is 1290. The van der Waals surface area contributed by atoms with Crippen molar-refractivity contribution in [2.75, 3.05) is 11.5 Å². The third kappa shape index (κ3) is 4.87. The molecule has 0 aliphatic heterocycles. The Morgan fingerprint density at radius 1 is 0.531 bits per heavy atom. The van der Waals surface area contributed by atoms with Crippen molar-refractivity contribution in [2.24, 2.45) is 0 Å². The maximum Gasteiger partial charge on any atom is 0.195 e. The summed E-state index contributed by atoms with van der Waals surface area (Å²) in [5, 5.41) is 0. The van der Waals surface area contributed by atoms with E-state index in [-0.39, 0.29) is 5.78 Å². The van der Waals surface area contributed by atoms with Crippen LogP contribution in [0.5, 0.6) is 0 Å². The molecule has 4 rings (SSSR count). The minimum atomic E-state index is -0.181. The normalized spacial score (nSPS) is 9.75. The standard InChI is InChI=1S/C29H20N2O/c30-25-15-17-27(23(19-25)13-11-21-7-3-1-4-8-21)29(32)28-18-16-26(31)20-24(28)14-12-22-9-5-2-6-10-22/h1-10,15-20H,30-31H2. The van der Waals surface area contributed by atoms with Crippen LogP contribution in [0.2, 0.25) is 0 Å². The molecule has 0 radical (unpaired) electrons. The number of hydrogen-bond acceptors (Lipinski definition) is 3. The van der Waals surface area contributed by atoms with Gasteiger partial charge in [0.2, 0.25) is 0 Å². The van der Waals surface area contributed by atoms with Crippen molar-refractivity contribution in [3.05, 3.63) is 130 Å². The molecule has 0 heterocycles. The average Bonchev–Trinajstić information content (AvgIpc) is 2.82. The van der Waals surface area contributed by atoms with Gasteiger partial charge >= 0.3 is 0 Å². The first-order valence-corrected chi connectivity index (χ1v) is 10.1. The molecule has 0 spiro atoms. The second kappa shape index (κ2) is 9.39. The molecule has 3 heteroatoms. The Hall–Kier alpha value is -4.73. The van der Waals surface area contributed by atoms with E-state index >= 15 is 0 Å². The van der Waals surface area contributed by atoms with Crippen molar-refractivity contribution in [2.45, 2.75) is 0 Å². The number of hydrogen-bond donors (Lipinski definition) is 2. The van der Waals surface area contributed by atoms with Gasteiger partial charge in [0.1, 0.15) is 0 Å². The van der Waals surface area contributed by atoms with E-state index in [1.165, 1.54) is 0 Å². The molecule has 0 amide bonds. The van der Waals surface area contributed by atoms with E-state index in [9.17, 15) is 4.79 Å². The number of ketones is 1. The Labute approximate surface area is 187 Å². The molecule has 0 saturated carbocycles. The van der Waals surface area contributed by atoms with Crippen LogP contribution in [0.3, 0.4) is 0 Å². The highest BCUT2D eigenvalue weighted by Gasteiger charge is 2.16. The lowest BCUT2D eigenvalue weighted by Crippen LogP contribution is -2.07. The van der Waals surface area contributed by atoms with E-state index in [1.54, 1.807) is 36.4 Å². The molecule has 0 atom stereocenters. The topological polar surface area (TPSA) is 69.1 Å². The summed E-state index contributed by atoms with van der Waals surface area (Å²) in [5.41, 5.74) is 16.8. The van der Waals surface area contributed by atoms with Crippen LogP contribution in [0.25, 0.3) is 0 Å². The van der Waals surface area contributed by atoms with Gasteiger partial charge in [-0.05, 0) is 60.7 Å². The lowest BCUT2D eigenvalue weighted by molar-refractivity contribution is 0.103. The molecule has 0 aliphatic carbocycles. The van der Waals surface area contributed by atoms with Gasteiger partial charge in [0, 0.05) is 44.8 Å². The zero-order chi connectivity index (χ0) is 22.3. The molecule has 0 unspecified atom stereocenters. The fraction of sp³-hybridized carbons (Fsp3) is 0. The van der Waals surface area contributed by atoms with Crippen LogP contribution in [0.4, 0.5) is 11.4 Å². The molecule has 152 valence electrons. The van der Waals surface area contributed by atoms with Gasteiger partial charge in [0.15, 0.2) is 5.78 Å². The maximum absolute atomic E-state index is 13.5. The summed E-state index contributed by atoms with van der Waals surface area (Å²) in [6.07, 6.45) is 0. The third-order valence-electron chi connectivity index (χ3n) is 4.81. The number of benzene rings is 4. The molecule has 4 N–H and O–H groups in total. The van der Waals surface area contributed by atoms with Gasteiger partial charge in [-0.1, -0.05) is 60.1 Å². The first kappa shape index (κ1) is 20.5. The van der Waals surface area contributed by atoms with Crippen molar-refractivity contribution in [1.29, 1.82) is 0 Å². The number of carbonyl (C=O) groups excluding carboxylic acids is 1. The quantitative estimate of drug-likeness (QED) is 0.280. The summed E-state index contributed by atoms with van der Waals surface area (Å²) in [5.74, 6) is 12.2. The molecule has 0 saturated heterocycles. The van der Waals surface area contributed by atoms with Crippen LogP contribution >= 0.6 is 0 Å². The maximum atomic E-state index is 13.5. The van der Waals surface area contributed by atoms with Crippen molar-refractivity contribution >= 4 is 17.2 Å². The average molecular weight is 412 g/mol. The zero-order valence-electron chi connectivity index (χ0n) is 17.3. The molecular formula is C29H20N2O. The highest BCUT2D eigenvalue weighted by atomic mass is 16.1. The van der Waals surface area contributed by atoms with Gasteiger partial charge < -0.3 is 11.5 Å². The SMILES string of the molecule is Nc1ccc(C(=O)c2ccc(N)cc2C#Cc2ccccc2)c(C#Cc2ccccc2)c1. The van der Waals surface area contributed by atoms with E-state index in [4.69, 9.17) is 11.5 Å². The van der Waals surface area contributed by atoms with Gasteiger partial charge in [-0.25, -0.2) is 0 Å². The summed E-state index contributed by atoms with van der Waals surface area (Å²) in [7, 11) is 0. The monoisotopic (exact) mass is 412 g/mol. The summed E-state index contributed by atoms with van der Waals surface area (Å²) in [4.78, 5) is 13.5. The second-order valence-electron chi connectivity index (χ2n) is 7.17. The van der Waals surface area contributed by atoms with Crippen LogP contribution in [-0.2, 0) is 0 Å². The van der Waals surface area contributed by atoms with E-state index in [1.807, 2.05) is 60.7 Å². The number of anilines is 2. The smallest absolute Gasteiger partial charge is 0.195 e. The molecule has 3 nitrogen and oxygen atoms in total. The highest BCUT2D eigenvalue weighted by Crippen LogP contribution is 2.21. The van der Waals surface area contributed by atoms with E-state index < -0.39 is 0 Å². The predicted molar refractivity (Wildman–Crippen MR) is 130 cm³/mol. The molecule has 0 bridgehead atoms. The van der Waals surface area contributed by atoms with Crippen molar-refractivity contribution in [3.63, 3.8) is 0 Å². The lowest BCUT2D eigenvalue weighted by Gasteiger charge is -2.08. The number of carbonyl (C=O) groups is 1. The van der Waals surface area contributed by atoms with Gasteiger partial charge in [-0.15, -0.1) is 0 Å². The van der Waals surface area contributed by atoms with Crippen LogP contribution < -0.4 is 11.5 Å². The molecule has 0 aromatic heterocycles. The fourth-order valence-electron chi connectivity index (χ4n) is 3.19. The Kier molecular flexibility index (Phi) is 6.03. The van der Waals surface area contributed by atoms with Gasteiger partial charge in [-0.2, -0.15) is 0 Å². The van der Waals surface area contributed by atoms with Crippen molar-refractivity contribution in [1.82, 2.24) is 0 Å². The molecule has 4 aromatic rings. The van der Waals surface area contributed by atoms with Gasteiger partial charge in [0.05, 0.1) is 0 Å². The summed E-state index contributed by atoms with van der Waals surface area (Å²) in [6, 6.07) is 29.4. The Morgan fingerprint density at radius 2 is 0.938 bits per heavy atom. The van der Waals surface area contributed by atoms with Crippen LogP contribution in [0, 0.1) is 23.7 Å². The van der Waals surface area contributed by atoms with E-state index in [2.05, 4.69) is 23.7 Å². The molecule has 4 aromatic carbocycles. The van der Waals surface area contributed by atoms with Gasteiger partial charge in [0.25, 0.3) is 0 Å². The minimum absolute atomic E-state index is 0.181. The third-order valence-corrected chi connectivity index (χ3v) is 4.81. The van der Waals surface area contributed by atoms with Crippen LogP contribution in [-0.4, -0.2) is 5.78 Å². The van der Waals surface area contributed by atoms with E-state index in [0.29, 0.717) is 33.6 Å². The second-order valence-corrected chi connectivity index (χ2v) is 7.17. The molecule has 32 heavy (non-hydrogen) atoms. The van der Waals surface area contributed by atoms with Gasteiger partial charge in [-0.3, -0.25) is 4.79 Å². The Morgan fingerprint density at radius 3 is 1.34 bits per heavy atom. The van der Waals surface area contributed by atoms with E-state index in [0.717, 1.165) is 11.1 Å². The first-order chi connectivity index (χ1) is 15.6. The summed E-state index contributed by atoms with van der Waals surface area (Å²) < 4.78 is 0. The van der Waals surface area contributed by atoms with Crippen LogP contribution in [0.15, 0.2) is 97.1 Å². The molecule has 0 aliphatic rings. The van der Waals surface area contributed by atoms with Crippen LogP contribution in [0.1, 0.15) is 38.2 Å².